The molecule has 2 amide bonds. The number of pyridine rings is 2. The molecular weight excluding hydrogens is 775 g/mol. The van der Waals surface area contributed by atoms with Crippen molar-refractivity contribution in [3.05, 3.63) is 59.2 Å². The lowest BCUT2D eigenvalue weighted by Gasteiger charge is -2.38. The summed E-state index contributed by atoms with van der Waals surface area (Å²) in [5.74, 6) is 0. The number of methoxy groups -OCH3 is 2. The molecule has 0 aromatic carbocycles. The van der Waals surface area contributed by atoms with Gasteiger partial charge in [0.2, 0.25) is 0 Å². The van der Waals surface area contributed by atoms with E-state index < -0.39 is 39.9 Å². The van der Waals surface area contributed by atoms with E-state index in [-0.39, 0.29) is 58.3 Å². The van der Waals surface area contributed by atoms with Crippen LogP contribution in [0.3, 0.4) is 0 Å². The SMILES string of the molecule is CC(C)(C)OC(=O)N1CCC(F)(c2ccc(C#N)cn2)CC1.CC(C)(C)OC(=O)N1CCC(O)(c2ccc(C#N)cn2)CC1.COCCN(CCOC)S(F)(F)F. The zero-order valence-electron chi connectivity index (χ0n) is 33.9. The molecule has 0 atom stereocenters. The van der Waals surface area contributed by atoms with E-state index in [2.05, 4.69) is 19.4 Å². The van der Waals surface area contributed by atoms with E-state index in [1.807, 2.05) is 32.9 Å². The molecule has 0 bridgehead atoms. The van der Waals surface area contributed by atoms with Crippen LogP contribution in [0.15, 0.2) is 36.7 Å². The fourth-order valence-electron chi connectivity index (χ4n) is 5.43. The molecule has 1 N–H and O–H groups in total. The quantitative estimate of drug-likeness (QED) is 0.251. The lowest BCUT2D eigenvalue weighted by molar-refractivity contribution is -0.0381. The summed E-state index contributed by atoms with van der Waals surface area (Å²) in [5.41, 5.74) is -2.00. The molecule has 2 aromatic rings. The summed E-state index contributed by atoms with van der Waals surface area (Å²) in [5, 5.41) is 28.2. The third kappa shape index (κ3) is 16.6. The second kappa shape index (κ2) is 21.5. The second-order valence-electron chi connectivity index (χ2n) is 15.3. The molecule has 0 spiro atoms. The third-order valence-corrected chi connectivity index (χ3v) is 9.50. The number of carbonyl (C=O) groups is 2. The number of aromatic nitrogens is 2. The summed E-state index contributed by atoms with van der Waals surface area (Å²) < 4.78 is 72.0. The molecule has 57 heavy (non-hydrogen) atoms. The van der Waals surface area contributed by atoms with Crippen LogP contribution in [-0.4, -0.2) is 119 Å². The van der Waals surface area contributed by atoms with Crippen LogP contribution in [0.2, 0.25) is 0 Å². The van der Waals surface area contributed by atoms with Crippen LogP contribution in [0.4, 0.5) is 25.6 Å². The number of amides is 2. The van der Waals surface area contributed by atoms with Crippen LogP contribution < -0.4 is 0 Å². The summed E-state index contributed by atoms with van der Waals surface area (Å²) in [7, 11) is 2.75. The second-order valence-corrected chi connectivity index (χ2v) is 16.6. The van der Waals surface area contributed by atoms with E-state index in [0.717, 1.165) is 0 Å². The van der Waals surface area contributed by atoms with Crippen molar-refractivity contribution in [3.8, 4) is 12.1 Å². The van der Waals surface area contributed by atoms with Gasteiger partial charge in [-0.1, -0.05) is 0 Å². The van der Waals surface area contributed by atoms with E-state index in [9.17, 15) is 30.7 Å². The van der Waals surface area contributed by atoms with Crippen LogP contribution in [0, 0.1) is 22.7 Å². The first-order valence-electron chi connectivity index (χ1n) is 18.2. The molecule has 2 aromatic heterocycles. The van der Waals surface area contributed by atoms with Gasteiger partial charge in [-0.2, -0.15) is 14.8 Å². The van der Waals surface area contributed by atoms with Gasteiger partial charge >= 0.3 is 12.2 Å². The Hall–Kier alpha value is -4.27. The highest BCUT2D eigenvalue weighted by molar-refractivity contribution is 8.18. The Morgan fingerprint density at radius 2 is 1.16 bits per heavy atom. The molecule has 0 aliphatic carbocycles. The topological polar surface area (TPSA) is 174 Å². The van der Waals surface area contributed by atoms with Gasteiger partial charge in [-0.15, -0.1) is 11.7 Å². The van der Waals surface area contributed by atoms with Crippen molar-refractivity contribution in [3.63, 3.8) is 0 Å². The van der Waals surface area contributed by atoms with Crippen LogP contribution in [0.1, 0.15) is 89.7 Å². The summed E-state index contributed by atoms with van der Waals surface area (Å²) in [6.07, 6.45) is 3.18. The van der Waals surface area contributed by atoms with Gasteiger partial charge in [-0.05, 0) is 78.6 Å². The fourth-order valence-corrected chi connectivity index (χ4v) is 6.00. The number of hydrogen-bond donors (Lipinski definition) is 1. The van der Waals surface area contributed by atoms with E-state index in [0.29, 0.717) is 52.8 Å². The van der Waals surface area contributed by atoms with E-state index in [1.54, 1.807) is 49.9 Å². The lowest BCUT2D eigenvalue weighted by Crippen LogP contribution is -2.47. The molecule has 2 aliphatic rings. The highest BCUT2D eigenvalue weighted by atomic mass is 32.3. The molecule has 14 nitrogen and oxygen atoms in total. The number of carbonyl (C=O) groups excluding carboxylic acids is 2. The minimum Gasteiger partial charge on any atom is -0.444 e. The largest absolute Gasteiger partial charge is 0.444 e. The van der Waals surface area contributed by atoms with Crippen molar-refractivity contribution in [1.82, 2.24) is 24.1 Å². The molecule has 4 heterocycles. The Balaban J connectivity index is 0.000000307. The molecule has 0 radical (unpaired) electrons. The molecule has 2 saturated heterocycles. The van der Waals surface area contributed by atoms with E-state index >= 15 is 0 Å². The summed E-state index contributed by atoms with van der Waals surface area (Å²) in [6.45, 7) is 12.2. The minimum atomic E-state index is -5.14. The number of hydrogen-bond acceptors (Lipinski definition) is 12. The number of likely N-dealkylation sites (tertiary alicyclic amines) is 2. The maximum Gasteiger partial charge on any atom is 0.410 e. The molecule has 19 heteroatoms. The van der Waals surface area contributed by atoms with Gasteiger partial charge in [-0.3, -0.25) is 9.97 Å². The Bertz CT molecular complexity index is 1530. The smallest absolute Gasteiger partial charge is 0.410 e. The van der Waals surface area contributed by atoms with Gasteiger partial charge in [0.15, 0.2) is 5.67 Å². The zero-order valence-corrected chi connectivity index (χ0v) is 34.7. The predicted octanol–water partition coefficient (Wildman–Crippen LogP) is 7.28. The Morgan fingerprint density at radius 1 is 0.772 bits per heavy atom. The average molecular weight is 830 g/mol. The first-order valence-corrected chi connectivity index (χ1v) is 19.5. The highest BCUT2D eigenvalue weighted by Gasteiger charge is 2.40. The van der Waals surface area contributed by atoms with E-state index in [4.69, 9.17) is 20.0 Å². The van der Waals surface area contributed by atoms with Gasteiger partial charge in [0.25, 0.3) is 11.4 Å². The molecule has 2 fully saturated rings. The Morgan fingerprint density at radius 3 is 1.47 bits per heavy atom. The molecule has 0 unspecified atom stereocenters. The number of piperidine rings is 2. The maximum absolute atomic E-state index is 15.0. The van der Waals surface area contributed by atoms with Gasteiger partial charge in [0.1, 0.15) is 28.9 Å². The summed E-state index contributed by atoms with van der Waals surface area (Å²) >= 11 is -5.14. The molecule has 4 rings (SSSR count). The van der Waals surface area contributed by atoms with Gasteiger partial charge in [0, 0.05) is 78.7 Å². The van der Waals surface area contributed by atoms with Gasteiger partial charge < -0.3 is 33.9 Å². The highest BCUT2D eigenvalue weighted by Crippen LogP contribution is 2.56. The van der Waals surface area contributed by atoms with Crippen LogP contribution in [-0.2, 0) is 30.2 Å². The number of alkyl halides is 1. The fraction of sp³-hybridized carbons (Fsp3) is 0.632. The summed E-state index contributed by atoms with van der Waals surface area (Å²) in [4.78, 5) is 35.3. The van der Waals surface area contributed by atoms with Crippen LogP contribution in [0.25, 0.3) is 0 Å². The normalized spacial score (nSPS) is 16.8. The van der Waals surface area contributed by atoms with Crippen molar-refractivity contribution >= 4 is 23.6 Å². The van der Waals surface area contributed by atoms with Gasteiger partial charge in [-0.25, -0.2) is 14.0 Å². The van der Waals surface area contributed by atoms with Crippen molar-refractivity contribution in [2.45, 2.75) is 89.7 Å². The lowest BCUT2D eigenvalue weighted by atomic mass is 9.88. The first-order chi connectivity index (χ1) is 26.5. The monoisotopic (exact) mass is 829 g/mol. The molecule has 318 valence electrons. The van der Waals surface area contributed by atoms with E-state index in [1.165, 1.54) is 31.5 Å². The average Bonchev–Trinajstić information content (AvgIpc) is 3.14. The van der Waals surface area contributed by atoms with Crippen LogP contribution >= 0.6 is 11.4 Å². The number of aliphatic hydroxyl groups is 1. The number of nitrogens with zero attached hydrogens (tertiary/aromatic N) is 7. The number of halogens is 4. The molecular formula is C38H55F4N7O7S. The number of rotatable bonds is 9. The van der Waals surface area contributed by atoms with Crippen molar-refractivity contribution in [2.75, 3.05) is 66.7 Å². The maximum atomic E-state index is 15.0. The zero-order chi connectivity index (χ0) is 43.1. The minimum absolute atomic E-state index is 0.0796. The Labute approximate surface area is 335 Å². The van der Waals surface area contributed by atoms with Crippen molar-refractivity contribution in [1.29, 1.82) is 10.5 Å². The molecule has 2 aliphatic heterocycles. The van der Waals surface area contributed by atoms with Crippen molar-refractivity contribution in [2.24, 2.45) is 0 Å². The Kier molecular flexibility index (Phi) is 18.4. The molecule has 0 saturated carbocycles. The summed E-state index contributed by atoms with van der Waals surface area (Å²) in [6, 6.07) is 10.4. The standard InChI is InChI=1S/C16H20FN3O2.C16H21N3O3.C6H14F3NO2S/c1-15(2,3)22-14(21)20-8-6-16(17,7-9-20)13-5-4-12(10-18)11-19-13;1-15(2,3)22-14(20)19-8-6-16(21,7-9-19)13-5-4-12(10-17)11-18-13;1-11-5-3-10(4-6-12-2)13(7,8)9/h4-5,11H,6-9H2,1-3H3;4-5,11,21H,6-9H2,1-3H3;3-6H2,1-2H3. The number of ether oxygens (including phenoxy) is 4. The first kappa shape index (κ1) is 48.9. The predicted molar refractivity (Wildman–Crippen MR) is 205 cm³/mol. The van der Waals surface area contributed by atoms with Crippen LogP contribution in [0.5, 0.6) is 0 Å². The third-order valence-electron chi connectivity index (χ3n) is 8.55. The van der Waals surface area contributed by atoms with Crippen molar-refractivity contribution < 1.29 is 49.7 Å². The van der Waals surface area contributed by atoms with Gasteiger partial charge in [0.05, 0.1) is 35.7 Å². The number of nitriles is 2.